The van der Waals surface area contributed by atoms with Gasteiger partial charge in [-0.05, 0) is 31.0 Å². The number of amides is 4. The Morgan fingerprint density at radius 3 is 2.64 bits per heavy atom. The number of hydrogen-bond donors (Lipinski definition) is 4. The standard InChI is InChI=1S/C17H25BrN4O3/c1-3-4-5-13(22-17(19)25)16(24)20-9-8-15(23)21-14-10-12(18)7-6-11(14)2/h6-7,10,13H,3-5,8-9H2,1-2H3,(H,20,24)(H,21,23)(H3,19,22,25). The number of aryl methyl sites for hydroxylation is 1. The zero-order chi connectivity index (χ0) is 18.8. The molecule has 1 atom stereocenters. The minimum atomic E-state index is -0.737. The van der Waals surface area contributed by atoms with Gasteiger partial charge in [0.25, 0.3) is 0 Å². The van der Waals surface area contributed by atoms with E-state index in [0.29, 0.717) is 6.42 Å². The highest BCUT2D eigenvalue weighted by molar-refractivity contribution is 9.10. The van der Waals surface area contributed by atoms with Gasteiger partial charge in [0, 0.05) is 23.1 Å². The summed E-state index contributed by atoms with van der Waals surface area (Å²) >= 11 is 3.36. The molecule has 0 aromatic heterocycles. The first kappa shape index (κ1) is 21.0. The second-order valence-electron chi connectivity index (χ2n) is 5.75. The number of carbonyl (C=O) groups excluding carboxylic acids is 3. The van der Waals surface area contributed by atoms with Gasteiger partial charge in [0.1, 0.15) is 6.04 Å². The van der Waals surface area contributed by atoms with Crippen molar-refractivity contribution in [3.05, 3.63) is 28.2 Å². The lowest BCUT2D eigenvalue weighted by molar-refractivity contribution is -0.123. The molecule has 0 spiro atoms. The Balaban J connectivity index is 2.45. The summed E-state index contributed by atoms with van der Waals surface area (Å²) in [6.45, 7) is 4.08. The van der Waals surface area contributed by atoms with Crippen molar-refractivity contribution in [2.45, 2.75) is 45.6 Å². The number of nitrogens with two attached hydrogens (primary N) is 1. The van der Waals surface area contributed by atoms with E-state index in [0.717, 1.165) is 28.6 Å². The van der Waals surface area contributed by atoms with Gasteiger partial charge in [-0.3, -0.25) is 9.59 Å². The van der Waals surface area contributed by atoms with Gasteiger partial charge in [-0.2, -0.15) is 0 Å². The van der Waals surface area contributed by atoms with E-state index in [-0.39, 0.29) is 24.8 Å². The SMILES string of the molecule is CCCCC(NC(N)=O)C(=O)NCCC(=O)Nc1cc(Br)ccc1C. The number of rotatable bonds is 9. The number of nitrogens with one attached hydrogen (secondary N) is 3. The van der Waals surface area contributed by atoms with Crippen molar-refractivity contribution in [1.82, 2.24) is 10.6 Å². The fourth-order valence-electron chi connectivity index (χ4n) is 2.21. The summed E-state index contributed by atoms with van der Waals surface area (Å²) in [6, 6.07) is 4.21. The Morgan fingerprint density at radius 1 is 1.28 bits per heavy atom. The van der Waals surface area contributed by atoms with Gasteiger partial charge in [0.15, 0.2) is 0 Å². The predicted octanol–water partition coefficient (Wildman–Crippen LogP) is 2.43. The maximum Gasteiger partial charge on any atom is 0.312 e. The van der Waals surface area contributed by atoms with Gasteiger partial charge in [0.2, 0.25) is 11.8 Å². The molecule has 138 valence electrons. The molecule has 0 aliphatic carbocycles. The normalized spacial score (nSPS) is 11.5. The van der Waals surface area contributed by atoms with Crippen molar-refractivity contribution in [3.63, 3.8) is 0 Å². The lowest BCUT2D eigenvalue weighted by Gasteiger charge is -2.17. The van der Waals surface area contributed by atoms with E-state index >= 15 is 0 Å². The number of anilines is 1. The van der Waals surface area contributed by atoms with Gasteiger partial charge in [0.05, 0.1) is 0 Å². The molecule has 1 rings (SSSR count). The Bertz CT molecular complexity index is 622. The van der Waals surface area contributed by atoms with Crippen LogP contribution in [0.4, 0.5) is 10.5 Å². The van der Waals surface area contributed by atoms with Gasteiger partial charge < -0.3 is 21.7 Å². The molecule has 0 radical (unpaired) electrons. The second-order valence-corrected chi connectivity index (χ2v) is 6.67. The minimum Gasteiger partial charge on any atom is -0.354 e. The van der Waals surface area contributed by atoms with E-state index in [2.05, 4.69) is 31.9 Å². The van der Waals surface area contributed by atoms with Crippen LogP contribution in [0.3, 0.4) is 0 Å². The highest BCUT2D eigenvalue weighted by Gasteiger charge is 2.19. The van der Waals surface area contributed by atoms with Crippen molar-refractivity contribution in [2.75, 3.05) is 11.9 Å². The molecule has 0 heterocycles. The van der Waals surface area contributed by atoms with Gasteiger partial charge >= 0.3 is 6.03 Å². The molecule has 5 N–H and O–H groups in total. The molecule has 0 saturated heterocycles. The number of halogens is 1. The van der Waals surface area contributed by atoms with Crippen LogP contribution in [0.2, 0.25) is 0 Å². The largest absolute Gasteiger partial charge is 0.354 e. The number of carbonyl (C=O) groups is 3. The van der Waals surface area contributed by atoms with Gasteiger partial charge in [-0.1, -0.05) is 41.8 Å². The molecular weight excluding hydrogens is 388 g/mol. The van der Waals surface area contributed by atoms with Crippen LogP contribution in [0, 0.1) is 6.92 Å². The summed E-state index contributed by atoms with van der Waals surface area (Å²) in [6.07, 6.45) is 2.34. The molecular formula is C17H25BrN4O3. The molecule has 4 amide bonds. The first-order valence-electron chi connectivity index (χ1n) is 8.23. The van der Waals surface area contributed by atoms with Crippen molar-refractivity contribution in [1.29, 1.82) is 0 Å². The smallest absolute Gasteiger partial charge is 0.312 e. The Morgan fingerprint density at radius 2 is 2.00 bits per heavy atom. The molecule has 1 unspecified atom stereocenters. The summed E-state index contributed by atoms with van der Waals surface area (Å²) < 4.78 is 0.873. The highest BCUT2D eigenvalue weighted by atomic mass is 79.9. The molecule has 0 saturated carbocycles. The summed E-state index contributed by atoms with van der Waals surface area (Å²) in [5.41, 5.74) is 6.77. The van der Waals surface area contributed by atoms with Crippen LogP contribution < -0.4 is 21.7 Å². The summed E-state index contributed by atoms with van der Waals surface area (Å²) in [4.78, 5) is 35.1. The van der Waals surface area contributed by atoms with Crippen molar-refractivity contribution < 1.29 is 14.4 Å². The van der Waals surface area contributed by atoms with Crippen LogP contribution >= 0.6 is 15.9 Å². The number of urea groups is 1. The molecule has 0 fully saturated rings. The maximum atomic E-state index is 12.1. The predicted molar refractivity (Wildman–Crippen MR) is 101 cm³/mol. The van der Waals surface area contributed by atoms with Crippen LogP contribution in [-0.2, 0) is 9.59 Å². The summed E-state index contributed by atoms with van der Waals surface area (Å²) in [5, 5.41) is 7.90. The quantitative estimate of drug-likeness (QED) is 0.499. The van der Waals surface area contributed by atoms with Crippen LogP contribution in [0.25, 0.3) is 0 Å². The number of unbranched alkanes of at least 4 members (excludes halogenated alkanes) is 1. The number of primary amides is 1. The molecule has 0 aliphatic rings. The Hall–Kier alpha value is -2.09. The Kier molecular flexibility index (Phi) is 8.98. The van der Waals surface area contributed by atoms with Crippen LogP contribution in [-0.4, -0.2) is 30.4 Å². The maximum absolute atomic E-state index is 12.1. The number of benzene rings is 1. The Labute approximate surface area is 156 Å². The first-order chi connectivity index (χ1) is 11.8. The lowest BCUT2D eigenvalue weighted by atomic mass is 10.1. The van der Waals surface area contributed by atoms with E-state index in [1.54, 1.807) is 0 Å². The average Bonchev–Trinajstić information content (AvgIpc) is 2.54. The van der Waals surface area contributed by atoms with Crippen LogP contribution in [0.15, 0.2) is 22.7 Å². The molecule has 0 aliphatic heterocycles. The lowest BCUT2D eigenvalue weighted by Crippen LogP contribution is -2.48. The minimum absolute atomic E-state index is 0.134. The third-order valence-electron chi connectivity index (χ3n) is 3.60. The molecule has 8 heteroatoms. The van der Waals surface area contributed by atoms with Crippen molar-refractivity contribution >= 4 is 39.5 Å². The molecule has 1 aromatic rings. The van der Waals surface area contributed by atoms with E-state index in [1.807, 2.05) is 32.0 Å². The summed E-state index contributed by atoms with van der Waals surface area (Å²) in [7, 11) is 0. The van der Waals surface area contributed by atoms with Gasteiger partial charge in [-0.15, -0.1) is 0 Å². The molecule has 25 heavy (non-hydrogen) atoms. The van der Waals surface area contributed by atoms with E-state index in [9.17, 15) is 14.4 Å². The fraction of sp³-hybridized carbons (Fsp3) is 0.471. The fourth-order valence-corrected chi connectivity index (χ4v) is 2.57. The van der Waals surface area contributed by atoms with Crippen molar-refractivity contribution in [3.8, 4) is 0 Å². The second kappa shape index (κ2) is 10.7. The van der Waals surface area contributed by atoms with E-state index in [4.69, 9.17) is 5.73 Å². The summed E-state index contributed by atoms with van der Waals surface area (Å²) in [5.74, 6) is -0.534. The molecule has 0 bridgehead atoms. The highest BCUT2D eigenvalue weighted by Crippen LogP contribution is 2.20. The molecule has 7 nitrogen and oxygen atoms in total. The van der Waals surface area contributed by atoms with E-state index < -0.39 is 12.1 Å². The third kappa shape index (κ3) is 8.02. The number of hydrogen-bond acceptors (Lipinski definition) is 3. The van der Waals surface area contributed by atoms with Crippen LogP contribution in [0.1, 0.15) is 38.2 Å². The third-order valence-corrected chi connectivity index (χ3v) is 4.10. The van der Waals surface area contributed by atoms with Crippen molar-refractivity contribution in [2.24, 2.45) is 5.73 Å². The molecule has 1 aromatic carbocycles. The zero-order valence-corrected chi connectivity index (χ0v) is 16.1. The van der Waals surface area contributed by atoms with Gasteiger partial charge in [-0.25, -0.2) is 4.79 Å². The zero-order valence-electron chi connectivity index (χ0n) is 14.5. The average molecular weight is 413 g/mol. The monoisotopic (exact) mass is 412 g/mol. The van der Waals surface area contributed by atoms with E-state index in [1.165, 1.54) is 0 Å². The topological polar surface area (TPSA) is 113 Å². The van der Waals surface area contributed by atoms with Crippen LogP contribution in [0.5, 0.6) is 0 Å². The first-order valence-corrected chi connectivity index (χ1v) is 9.02.